The summed E-state index contributed by atoms with van der Waals surface area (Å²) in [5.41, 5.74) is 6.72. The summed E-state index contributed by atoms with van der Waals surface area (Å²) < 4.78 is 5.12. The maximum Gasteiger partial charge on any atom is 0.188 e. The number of carbonyl (C=O) groups is 1. The Morgan fingerprint density at radius 3 is 3.06 bits per heavy atom. The van der Waals surface area contributed by atoms with Crippen LogP contribution < -0.4 is 5.73 Å². The van der Waals surface area contributed by atoms with Crippen LogP contribution in [0.3, 0.4) is 0 Å². The molecule has 0 spiro atoms. The van der Waals surface area contributed by atoms with Crippen molar-refractivity contribution in [2.45, 2.75) is 0 Å². The highest BCUT2D eigenvalue weighted by atomic mass is 16.5. The molecule has 0 aliphatic carbocycles. The maximum absolute atomic E-state index is 11.8. The second-order valence-electron chi connectivity index (χ2n) is 3.68. The highest BCUT2D eigenvalue weighted by molar-refractivity contribution is 6.00. The molecule has 4 nitrogen and oxygen atoms in total. The number of nitrogens with zero attached hydrogens (tertiary/aromatic N) is 1. The molecule has 17 heavy (non-hydrogen) atoms. The Labute approximate surface area is 99.4 Å². The van der Waals surface area contributed by atoms with E-state index in [1.165, 1.54) is 0 Å². The summed E-state index contributed by atoms with van der Waals surface area (Å²) in [6.07, 6.45) is 1.71. The van der Waals surface area contributed by atoms with Crippen molar-refractivity contribution >= 4 is 16.7 Å². The lowest BCUT2D eigenvalue weighted by Gasteiger charge is -2.03. The van der Waals surface area contributed by atoms with Gasteiger partial charge in [-0.15, -0.1) is 0 Å². The van der Waals surface area contributed by atoms with Gasteiger partial charge in [0.1, 0.15) is 6.61 Å². The molecular weight excluding hydrogens is 216 g/mol. The van der Waals surface area contributed by atoms with Gasteiger partial charge in [-0.3, -0.25) is 9.78 Å². The Kier molecular flexibility index (Phi) is 3.80. The predicted octanol–water partition coefficient (Wildman–Crippen LogP) is 1.39. The number of aromatic nitrogens is 1. The van der Waals surface area contributed by atoms with Crippen molar-refractivity contribution in [3.05, 3.63) is 42.1 Å². The Morgan fingerprint density at radius 2 is 2.24 bits per heavy atom. The van der Waals surface area contributed by atoms with Gasteiger partial charge in [0.2, 0.25) is 0 Å². The van der Waals surface area contributed by atoms with Gasteiger partial charge >= 0.3 is 0 Å². The number of rotatable bonds is 5. The van der Waals surface area contributed by atoms with E-state index in [-0.39, 0.29) is 12.4 Å². The lowest BCUT2D eigenvalue weighted by atomic mass is 10.1. The van der Waals surface area contributed by atoms with E-state index in [4.69, 9.17) is 10.5 Å². The third-order valence-corrected chi connectivity index (χ3v) is 2.42. The zero-order valence-electron chi connectivity index (χ0n) is 9.43. The molecular formula is C13H14N2O2. The summed E-state index contributed by atoms with van der Waals surface area (Å²) in [7, 11) is 0. The summed E-state index contributed by atoms with van der Waals surface area (Å²) in [4.78, 5) is 16.0. The largest absolute Gasteiger partial charge is 0.372 e. The predicted molar refractivity (Wildman–Crippen MR) is 65.9 cm³/mol. The van der Waals surface area contributed by atoms with E-state index in [0.29, 0.717) is 18.7 Å². The molecule has 2 N–H and O–H groups in total. The molecule has 0 radical (unpaired) electrons. The van der Waals surface area contributed by atoms with Crippen LogP contribution in [0.4, 0.5) is 0 Å². The molecule has 0 unspecified atom stereocenters. The number of ketones is 1. The molecule has 0 saturated carbocycles. The maximum atomic E-state index is 11.8. The van der Waals surface area contributed by atoms with E-state index < -0.39 is 0 Å². The number of fused-ring (bicyclic) bond motifs is 1. The average Bonchev–Trinajstić information content (AvgIpc) is 2.38. The van der Waals surface area contributed by atoms with Crippen LogP contribution in [0.15, 0.2) is 36.5 Å². The van der Waals surface area contributed by atoms with Gasteiger partial charge in [-0.2, -0.15) is 0 Å². The Morgan fingerprint density at radius 1 is 1.35 bits per heavy atom. The number of hydrogen-bond donors (Lipinski definition) is 1. The van der Waals surface area contributed by atoms with Crippen LogP contribution in [0, 0.1) is 0 Å². The smallest absolute Gasteiger partial charge is 0.188 e. The van der Waals surface area contributed by atoms with E-state index in [1.807, 2.05) is 18.2 Å². The van der Waals surface area contributed by atoms with Gasteiger partial charge in [0.15, 0.2) is 5.78 Å². The normalized spacial score (nSPS) is 10.6. The summed E-state index contributed by atoms with van der Waals surface area (Å²) in [6.45, 7) is 0.889. The molecule has 0 amide bonds. The van der Waals surface area contributed by atoms with E-state index in [9.17, 15) is 4.79 Å². The summed E-state index contributed by atoms with van der Waals surface area (Å²) in [5, 5.41) is 1.02. The van der Waals surface area contributed by atoms with Crippen molar-refractivity contribution in [2.75, 3.05) is 19.8 Å². The first kappa shape index (κ1) is 11.7. The van der Waals surface area contributed by atoms with Gasteiger partial charge < -0.3 is 10.5 Å². The van der Waals surface area contributed by atoms with Gasteiger partial charge in [0.05, 0.1) is 12.1 Å². The number of Topliss-reactive ketones (excluding diaryl/α,β-unsaturated/α-hetero) is 1. The number of ether oxygens (including phenoxy) is 1. The van der Waals surface area contributed by atoms with E-state index in [2.05, 4.69) is 4.98 Å². The van der Waals surface area contributed by atoms with Gasteiger partial charge in [0, 0.05) is 23.7 Å². The molecule has 1 aromatic carbocycles. The van der Waals surface area contributed by atoms with Crippen LogP contribution in [0.1, 0.15) is 10.4 Å². The molecule has 4 heteroatoms. The van der Waals surface area contributed by atoms with Gasteiger partial charge in [0.25, 0.3) is 0 Å². The van der Waals surface area contributed by atoms with Gasteiger partial charge in [-0.05, 0) is 12.1 Å². The second kappa shape index (κ2) is 5.52. The Bertz CT molecular complexity index is 526. The molecule has 0 atom stereocenters. The van der Waals surface area contributed by atoms with Crippen LogP contribution in [-0.2, 0) is 4.74 Å². The van der Waals surface area contributed by atoms with Crippen molar-refractivity contribution in [2.24, 2.45) is 5.73 Å². The number of carbonyl (C=O) groups excluding carboxylic acids is 1. The minimum absolute atomic E-state index is 0.0500. The molecule has 0 aliphatic rings. The Hall–Kier alpha value is -1.78. The molecule has 1 aromatic heterocycles. The van der Waals surface area contributed by atoms with Crippen molar-refractivity contribution in [3.63, 3.8) is 0 Å². The van der Waals surface area contributed by atoms with E-state index in [1.54, 1.807) is 18.3 Å². The molecule has 0 aliphatic heterocycles. The molecule has 2 rings (SSSR count). The second-order valence-corrected chi connectivity index (χ2v) is 3.68. The SMILES string of the molecule is NCCOCC(=O)c1ccc2cccnc2c1. The molecule has 1 heterocycles. The highest BCUT2D eigenvalue weighted by Crippen LogP contribution is 2.13. The van der Waals surface area contributed by atoms with Gasteiger partial charge in [-0.25, -0.2) is 0 Å². The van der Waals surface area contributed by atoms with Crippen LogP contribution in [0.25, 0.3) is 10.9 Å². The first-order chi connectivity index (χ1) is 8.31. The van der Waals surface area contributed by atoms with Crippen molar-refractivity contribution in [1.82, 2.24) is 4.98 Å². The number of hydrogen-bond acceptors (Lipinski definition) is 4. The lowest BCUT2D eigenvalue weighted by Crippen LogP contribution is -2.14. The molecule has 2 aromatic rings. The molecule has 0 fully saturated rings. The average molecular weight is 230 g/mol. The van der Waals surface area contributed by atoms with Crippen molar-refractivity contribution < 1.29 is 9.53 Å². The quantitative estimate of drug-likeness (QED) is 0.622. The van der Waals surface area contributed by atoms with E-state index in [0.717, 1.165) is 10.9 Å². The number of pyridine rings is 1. The zero-order chi connectivity index (χ0) is 12.1. The first-order valence-corrected chi connectivity index (χ1v) is 5.47. The highest BCUT2D eigenvalue weighted by Gasteiger charge is 2.06. The molecule has 88 valence electrons. The van der Waals surface area contributed by atoms with Crippen molar-refractivity contribution in [1.29, 1.82) is 0 Å². The number of benzene rings is 1. The zero-order valence-corrected chi connectivity index (χ0v) is 9.43. The molecule has 0 saturated heterocycles. The third-order valence-electron chi connectivity index (χ3n) is 2.42. The summed E-state index contributed by atoms with van der Waals surface area (Å²) >= 11 is 0. The monoisotopic (exact) mass is 230 g/mol. The Balaban J connectivity index is 2.15. The minimum Gasteiger partial charge on any atom is -0.372 e. The molecule has 0 bridgehead atoms. The fraction of sp³-hybridized carbons (Fsp3) is 0.231. The topological polar surface area (TPSA) is 65.2 Å². The fourth-order valence-electron chi connectivity index (χ4n) is 1.57. The first-order valence-electron chi connectivity index (χ1n) is 5.47. The third kappa shape index (κ3) is 2.87. The lowest BCUT2D eigenvalue weighted by molar-refractivity contribution is 0.0774. The van der Waals surface area contributed by atoms with E-state index >= 15 is 0 Å². The van der Waals surface area contributed by atoms with Crippen LogP contribution in [-0.4, -0.2) is 30.5 Å². The standard InChI is InChI=1S/C13H14N2O2/c14-5-7-17-9-13(16)11-4-3-10-2-1-6-15-12(10)8-11/h1-4,6,8H,5,7,9,14H2. The van der Waals surface area contributed by atoms with Crippen molar-refractivity contribution in [3.8, 4) is 0 Å². The fourth-order valence-corrected chi connectivity index (χ4v) is 1.57. The van der Waals surface area contributed by atoms with Gasteiger partial charge in [-0.1, -0.05) is 18.2 Å². The summed E-state index contributed by atoms with van der Waals surface area (Å²) in [5.74, 6) is -0.0500. The van der Waals surface area contributed by atoms with Crippen LogP contribution in [0.2, 0.25) is 0 Å². The van der Waals surface area contributed by atoms with Crippen LogP contribution >= 0.6 is 0 Å². The van der Waals surface area contributed by atoms with Crippen LogP contribution in [0.5, 0.6) is 0 Å². The summed E-state index contributed by atoms with van der Waals surface area (Å²) in [6, 6.07) is 9.29. The minimum atomic E-state index is -0.0500. The number of nitrogens with two attached hydrogens (primary N) is 1.